The molecule has 1 fully saturated rings. The van der Waals surface area contributed by atoms with E-state index in [1.807, 2.05) is 6.07 Å². The molecule has 0 saturated heterocycles. The van der Waals surface area contributed by atoms with Crippen molar-refractivity contribution in [3.63, 3.8) is 0 Å². The summed E-state index contributed by atoms with van der Waals surface area (Å²) in [5.74, 6) is 1.51. The van der Waals surface area contributed by atoms with Crippen LogP contribution in [0.5, 0.6) is 5.88 Å². The molecule has 2 rings (SSSR count). The van der Waals surface area contributed by atoms with Gasteiger partial charge in [0.25, 0.3) is 0 Å². The zero-order valence-electron chi connectivity index (χ0n) is 14.2. The Bertz CT molecular complexity index is 470. The van der Waals surface area contributed by atoms with Crippen LogP contribution in [0.25, 0.3) is 0 Å². The zero-order chi connectivity index (χ0) is 15.5. The Hall–Kier alpha value is -1.09. The minimum atomic E-state index is 0.301. The molecule has 0 aromatic carbocycles. The quantitative estimate of drug-likeness (QED) is 0.886. The molecular weight excluding hydrogens is 260 g/mol. The van der Waals surface area contributed by atoms with Gasteiger partial charge in [-0.05, 0) is 49.6 Å². The van der Waals surface area contributed by atoms with Crippen molar-refractivity contribution in [1.29, 1.82) is 0 Å². The van der Waals surface area contributed by atoms with E-state index < -0.39 is 0 Å². The van der Waals surface area contributed by atoms with E-state index in [-0.39, 0.29) is 0 Å². The fraction of sp³-hybridized carbons (Fsp3) is 0.722. The van der Waals surface area contributed by atoms with Gasteiger partial charge in [-0.2, -0.15) is 0 Å². The molecule has 0 radical (unpaired) electrons. The Morgan fingerprint density at radius 3 is 2.71 bits per heavy atom. The van der Waals surface area contributed by atoms with Crippen LogP contribution in [0.1, 0.15) is 58.2 Å². The average Bonchev–Trinajstić information content (AvgIpc) is 2.35. The summed E-state index contributed by atoms with van der Waals surface area (Å²) in [5.41, 5.74) is 2.70. The average molecular weight is 290 g/mol. The number of nitrogens with zero attached hydrogens (tertiary/aromatic N) is 1. The Labute approximate surface area is 129 Å². The highest BCUT2D eigenvalue weighted by Gasteiger charge is 2.33. The molecule has 0 aliphatic heterocycles. The van der Waals surface area contributed by atoms with Crippen molar-refractivity contribution < 1.29 is 4.74 Å². The van der Waals surface area contributed by atoms with Gasteiger partial charge in [0.2, 0.25) is 5.88 Å². The number of hydrogen-bond donors (Lipinski definition) is 1. The SMILES string of the molecule is CCNCc1ccc(OC2CC(C)CC(C)(C)C2)nc1C. The molecule has 1 aliphatic rings. The molecule has 1 aliphatic carbocycles. The summed E-state index contributed by atoms with van der Waals surface area (Å²) in [7, 11) is 0. The van der Waals surface area contributed by atoms with Crippen molar-refractivity contribution >= 4 is 0 Å². The lowest BCUT2D eigenvalue weighted by Crippen LogP contribution is -2.34. The highest BCUT2D eigenvalue weighted by Crippen LogP contribution is 2.39. The first-order valence-corrected chi connectivity index (χ1v) is 8.23. The largest absolute Gasteiger partial charge is 0.474 e. The topological polar surface area (TPSA) is 34.1 Å². The van der Waals surface area contributed by atoms with E-state index in [0.717, 1.165) is 43.4 Å². The second-order valence-corrected chi connectivity index (χ2v) is 7.33. The number of ether oxygens (including phenoxy) is 1. The van der Waals surface area contributed by atoms with Gasteiger partial charge in [0.15, 0.2) is 0 Å². The van der Waals surface area contributed by atoms with Crippen molar-refractivity contribution in [2.24, 2.45) is 11.3 Å². The first-order chi connectivity index (χ1) is 9.89. The number of hydrogen-bond acceptors (Lipinski definition) is 3. The van der Waals surface area contributed by atoms with Crippen LogP contribution < -0.4 is 10.1 Å². The second kappa shape index (κ2) is 6.78. The fourth-order valence-electron chi connectivity index (χ4n) is 3.60. The van der Waals surface area contributed by atoms with Crippen molar-refractivity contribution in [1.82, 2.24) is 10.3 Å². The molecule has 0 spiro atoms. The lowest BCUT2D eigenvalue weighted by molar-refractivity contribution is 0.0531. The molecule has 0 bridgehead atoms. The minimum absolute atomic E-state index is 0.301. The van der Waals surface area contributed by atoms with Gasteiger partial charge in [0.1, 0.15) is 6.10 Å². The number of nitrogens with one attached hydrogen (secondary N) is 1. The molecule has 3 heteroatoms. The molecule has 118 valence electrons. The third-order valence-electron chi connectivity index (χ3n) is 4.37. The van der Waals surface area contributed by atoms with Gasteiger partial charge < -0.3 is 10.1 Å². The predicted octanol–water partition coefficient (Wildman–Crippen LogP) is 4.09. The third kappa shape index (κ3) is 4.70. The van der Waals surface area contributed by atoms with Gasteiger partial charge in [-0.3, -0.25) is 0 Å². The van der Waals surface area contributed by atoms with Gasteiger partial charge in [-0.25, -0.2) is 4.98 Å². The zero-order valence-corrected chi connectivity index (χ0v) is 14.2. The summed E-state index contributed by atoms with van der Waals surface area (Å²) in [6.45, 7) is 13.1. The monoisotopic (exact) mass is 290 g/mol. The van der Waals surface area contributed by atoms with Gasteiger partial charge in [0, 0.05) is 18.3 Å². The Balaban J connectivity index is 2.01. The van der Waals surface area contributed by atoms with Crippen LogP contribution >= 0.6 is 0 Å². The van der Waals surface area contributed by atoms with Crippen molar-refractivity contribution in [3.05, 3.63) is 23.4 Å². The van der Waals surface area contributed by atoms with Crippen LogP contribution in [0, 0.1) is 18.3 Å². The van der Waals surface area contributed by atoms with Crippen LogP contribution in [0.15, 0.2) is 12.1 Å². The maximum atomic E-state index is 6.17. The summed E-state index contributed by atoms with van der Waals surface area (Å²) in [6.07, 6.45) is 3.86. The highest BCUT2D eigenvalue weighted by molar-refractivity contribution is 5.25. The number of rotatable bonds is 5. The lowest BCUT2D eigenvalue weighted by Gasteiger charge is -2.38. The number of aromatic nitrogens is 1. The van der Waals surface area contributed by atoms with E-state index >= 15 is 0 Å². The summed E-state index contributed by atoms with van der Waals surface area (Å²) in [6, 6.07) is 4.16. The molecule has 1 heterocycles. The third-order valence-corrected chi connectivity index (χ3v) is 4.37. The lowest BCUT2D eigenvalue weighted by atomic mass is 9.71. The van der Waals surface area contributed by atoms with Crippen LogP contribution in [-0.4, -0.2) is 17.6 Å². The normalized spacial score (nSPS) is 24.8. The standard InChI is InChI=1S/C18H30N2O/c1-6-19-12-15-7-8-17(20-14(15)3)21-16-9-13(2)10-18(4,5)11-16/h7-8,13,16,19H,6,9-12H2,1-5H3. The molecule has 1 saturated carbocycles. The minimum Gasteiger partial charge on any atom is -0.474 e. The molecule has 21 heavy (non-hydrogen) atoms. The second-order valence-electron chi connectivity index (χ2n) is 7.33. The van der Waals surface area contributed by atoms with Crippen molar-refractivity contribution in [2.45, 2.75) is 66.5 Å². The fourth-order valence-corrected chi connectivity index (χ4v) is 3.60. The summed E-state index contributed by atoms with van der Waals surface area (Å²) < 4.78 is 6.17. The maximum Gasteiger partial charge on any atom is 0.213 e. The van der Waals surface area contributed by atoms with E-state index in [0.29, 0.717) is 11.5 Å². The van der Waals surface area contributed by atoms with E-state index in [9.17, 15) is 0 Å². The Morgan fingerprint density at radius 1 is 1.33 bits per heavy atom. The van der Waals surface area contributed by atoms with Gasteiger partial charge in [-0.15, -0.1) is 0 Å². The van der Waals surface area contributed by atoms with E-state index in [2.05, 4.69) is 51.0 Å². The number of aryl methyl sites for hydroxylation is 1. The summed E-state index contributed by atoms with van der Waals surface area (Å²) in [5, 5.41) is 3.34. The van der Waals surface area contributed by atoms with E-state index in [1.54, 1.807) is 0 Å². The van der Waals surface area contributed by atoms with Crippen LogP contribution in [0.2, 0.25) is 0 Å². The molecule has 1 aromatic heterocycles. The number of pyridine rings is 1. The predicted molar refractivity (Wildman–Crippen MR) is 87.6 cm³/mol. The summed E-state index contributed by atoms with van der Waals surface area (Å²) in [4.78, 5) is 4.63. The summed E-state index contributed by atoms with van der Waals surface area (Å²) >= 11 is 0. The van der Waals surface area contributed by atoms with Crippen LogP contribution in [0.3, 0.4) is 0 Å². The molecule has 1 aromatic rings. The van der Waals surface area contributed by atoms with Gasteiger partial charge in [-0.1, -0.05) is 33.8 Å². The molecular formula is C18H30N2O. The molecule has 2 unspecified atom stereocenters. The van der Waals surface area contributed by atoms with Crippen LogP contribution in [0.4, 0.5) is 0 Å². The Kier molecular flexibility index (Phi) is 5.26. The van der Waals surface area contributed by atoms with E-state index in [4.69, 9.17) is 4.74 Å². The molecule has 2 atom stereocenters. The Morgan fingerprint density at radius 2 is 2.10 bits per heavy atom. The highest BCUT2D eigenvalue weighted by atomic mass is 16.5. The van der Waals surface area contributed by atoms with Crippen LogP contribution in [-0.2, 0) is 6.54 Å². The van der Waals surface area contributed by atoms with E-state index in [1.165, 1.54) is 12.0 Å². The molecule has 3 nitrogen and oxygen atoms in total. The first-order valence-electron chi connectivity index (χ1n) is 8.23. The maximum absolute atomic E-state index is 6.17. The van der Waals surface area contributed by atoms with Gasteiger partial charge >= 0.3 is 0 Å². The van der Waals surface area contributed by atoms with Crippen molar-refractivity contribution in [3.8, 4) is 5.88 Å². The van der Waals surface area contributed by atoms with Crippen molar-refractivity contribution in [2.75, 3.05) is 6.54 Å². The van der Waals surface area contributed by atoms with Gasteiger partial charge in [0.05, 0.1) is 0 Å². The smallest absolute Gasteiger partial charge is 0.213 e. The molecule has 1 N–H and O–H groups in total. The molecule has 0 amide bonds. The first kappa shape index (κ1) is 16.3.